The number of aliphatic imine (C=N–C) groups is 1. The second-order valence-electron chi connectivity index (χ2n) is 18.8. The highest BCUT2D eigenvalue weighted by molar-refractivity contribution is 5.83. The van der Waals surface area contributed by atoms with Gasteiger partial charge in [0.05, 0.1) is 54.2 Å². The van der Waals surface area contributed by atoms with Gasteiger partial charge in [-0.05, 0) is 79.1 Å². The SMILES string of the molecule is CCN=C1O[C@H]2[C@H](O[C@@H]3[C@@H](C)C(O[C@H]4C[C@@](C)(C5CC5C)[C@@H](O)[C@H](C)O4)[C@@H](C)C(=O)O[C@H](CC)[C@@](C)(O)[C@H](O)[C@@H](C)C(=O)[C@H](C)C[C@@]3(C)O)O[C@H](C)C[C@@H]2N1C. The summed E-state index contributed by atoms with van der Waals surface area (Å²) >= 11 is 0. The molecule has 5 rings (SSSR count). The van der Waals surface area contributed by atoms with Crippen molar-refractivity contribution in [3.05, 3.63) is 0 Å². The number of nitrogens with zero attached hydrogens (tertiary/aromatic N) is 2. The summed E-state index contributed by atoms with van der Waals surface area (Å²) in [6.45, 7) is 21.9. The molecule has 0 aromatic heterocycles. The van der Waals surface area contributed by atoms with E-state index in [0.717, 1.165) is 6.42 Å². The molecule has 56 heavy (non-hydrogen) atoms. The van der Waals surface area contributed by atoms with E-state index in [1.54, 1.807) is 27.7 Å². The molecule has 0 aromatic rings. The van der Waals surface area contributed by atoms with Gasteiger partial charge in [0.1, 0.15) is 17.5 Å². The van der Waals surface area contributed by atoms with E-state index in [2.05, 4.69) is 18.8 Å². The summed E-state index contributed by atoms with van der Waals surface area (Å²) in [6, 6.07) is 0.352. The number of esters is 1. The van der Waals surface area contributed by atoms with Crippen LogP contribution in [0.15, 0.2) is 4.99 Å². The number of cyclic esters (lactones) is 1. The van der Waals surface area contributed by atoms with Crippen LogP contribution >= 0.6 is 0 Å². The Labute approximate surface area is 334 Å². The van der Waals surface area contributed by atoms with Crippen LogP contribution in [0.4, 0.5) is 0 Å². The van der Waals surface area contributed by atoms with Crippen molar-refractivity contribution in [2.45, 2.75) is 194 Å². The first kappa shape index (κ1) is 45.2. The van der Waals surface area contributed by atoms with Crippen molar-refractivity contribution in [3.63, 3.8) is 0 Å². The number of fused-ring (bicyclic) bond motifs is 1. The molecule has 4 aliphatic heterocycles. The van der Waals surface area contributed by atoms with Gasteiger partial charge < -0.3 is 53.7 Å². The van der Waals surface area contributed by atoms with Crippen molar-refractivity contribution < 1.29 is 58.4 Å². The second kappa shape index (κ2) is 17.0. The quantitative estimate of drug-likeness (QED) is 0.273. The first-order chi connectivity index (χ1) is 26.0. The monoisotopic (exact) mass is 797 g/mol. The molecule has 1 aliphatic carbocycles. The molecule has 0 spiro atoms. The molecular weight excluding hydrogens is 724 g/mol. The molecule has 5 fully saturated rings. The Morgan fingerprint density at radius 3 is 2.11 bits per heavy atom. The van der Waals surface area contributed by atoms with E-state index in [-0.39, 0.29) is 36.7 Å². The summed E-state index contributed by atoms with van der Waals surface area (Å²) in [7, 11) is 1.92. The third-order valence-corrected chi connectivity index (χ3v) is 14.0. The number of ketones is 1. The fourth-order valence-electron chi connectivity index (χ4n) is 10.5. The number of aliphatic hydroxyl groups is 4. The standard InChI is InChI=1S/C42H72N2O12/c1-14-29-42(12,50)34(46)23(6)31(45)21(4)18-41(11,49)36(56-38-33-28(17-22(5)51-38)44(13)39(55-33)43-15-2)24(7)32(25(8)37(48)53-29)54-30-19-40(10,27-16-20(27)3)35(47)26(9)52-30/h20-30,32-36,38,46-47,49-50H,14-19H2,1-13H3/t20?,21-,22-,23+,24+,25-,26+,27?,28+,29-,30+,32?,33-,34-,35+,36-,38+,40+,41-,42-/m1/s1. The molecule has 3 unspecified atom stereocenters. The van der Waals surface area contributed by atoms with Crippen LogP contribution in [0.2, 0.25) is 0 Å². The van der Waals surface area contributed by atoms with E-state index in [0.29, 0.717) is 31.3 Å². The smallest absolute Gasteiger partial charge is 0.311 e. The van der Waals surface area contributed by atoms with E-state index in [1.165, 1.54) is 13.8 Å². The van der Waals surface area contributed by atoms with Crippen LogP contribution in [0.3, 0.4) is 0 Å². The number of likely N-dealkylation sites (N-methyl/N-ethyl adjacent to an activating group) is 1. The number of rotatable bonds is 7. The number of amidine groups is 1. The van der Waals surface area contributed by atoms with Crippen molar-refractivity contribution in [1.29, 1.82) is 0 Å². The molecule has 20 atom stereocenters. The zero-order chi connectivity index (χ0) is 41.8. The molecule has 5 aliphatic rings. The second-order valence-corrected chi connectivity index (χ2v) is 18.8. The van der Waals surface area contributed by atoms with Crippen LogP contribution in [-0.2, 0) is 38.0 Å². The Morgan fingerprint density at radius 1 is 0.875 bits per heavy atom. The summed E-state index contributed by atoms with van der Waals surface area (Å²) in [5, 5.41) is 47.2. The van der Waals surface area contributed by atoms with Crippen molar-refractivity contribution in [2.24, 2.45) is 45.9 Å². The lowest BCUT2D eigenvalue weighted by Crippen LogP contribution is -2.60. The Hall–Kier alpha value is -1.91. The first-order valence-corrected chi connectivity index (χ1v) is 21.1. The predicted molar refractivity (Wildman–Crippen MR) is 207 cm³/mol. The van der Waals surface area contributed by atoms with E-state index in [9.17, 15) is 30.0 Å². The summed E-state index contributed by atoms with van der Waals surface area (Å²) in [4.78, 5) is 34.8. The molecule has 0 amide bonds. The van der Waals surface area contributed by atoms with Gasteiger partial charge in [0.2, 0.25) is 0 Å². The molecular formula is C42H72N2O12. The van der Waals surface area contributed by atoms with E-state index in [4.69, 9.17) is 28.4 Å². The molecule has 1 saturated carbocycles. The third-order valence-electron chi connectivity index (χ3n) is 14.0. The Balaban J connectivity index is 1.59. The summed E-state index contributed by atoms with van der Waals surface area (Å²) in [6.07, 6.45) is -6.66. The van der Waals surface area contributed by atoms with Crippen LogP contribution in [-0.4, -0.2) is 135 Å². The molecule has 4 saturated heterocycles. The topological polar surface area (TPSA) is 186 Å². The number of ether oxygens (including phenoxy) is 6. The lowest BCUT2D eigenvalue weighted by Gasteiger charge is -2.49. The van der Waals surface area contributed by atoms with Gasteiger partial charge in [-0.15, -0.1) is 0 Å². The molecule has 4 N–H and O–H groups in total. The van der Waals surface area contributed by atoms with Crippen LogP contribution in [0.25, 0.3) is 0 Å². The van der Waals surface area contributed by atoms with Crippen molar-refractivity contribution in [2.75, 3.05) is 13.6 Å². The average molecular weight is 797 g/mol. The van der Waals surface area contributed by atoms with Gasteiger partial charge in [-0.2, -0.15) is 0 Å². The predicted octanol–water partition coefficient (Wildman–Crippen LogP) is 3.83. The van der Waals surface area contributed by atoms with Crippen LogP contribution in [0.5, 0.6) is 0 Å². The molecule has 4 heterocycles. The summed E-state index contributed by atoms with van der Waals surface area (Å²) in [5.41, 5.74) is -4.21. The maximum absolute atomic E-state index is 14.3. The van der Waals surface area contributed by atoms with Gasteiger partial charge in [-0.3, -0.25) is 9.59 Å². The molecule has 14 heteroatoms. The fraction of sp³-hybridized carbons (Fsp3) is 0.929. The van der Waals surface area contributed by atoms with E-state index in [1.807, 2.05) is 39.6 Å². The Kier molecular flexibility index (Phi) is 13.7. The zero-order valence-electron chi connectivity index (χ0n) is 36.0. The minimum atomic E-state index is -1.97. The number of Topliss-reactive ketones (excluding diaryl/α,β-unsaturated/α-hetero) is 1. The highest BCUT2D eigenvalue weighted by Crippen LogP contribution is 2.57. The van der Waals surface area contributed by atoms with Crippen LogP contribution in [0.1, 0.15) is 115 Å². The highest BCUT2D eigenvalue weighted by Gasteiger charge is 2.58. The maximum Gasteiger partial charge on any atom is 0.311 e. The maximum atomic E-state index is 14.3. The number of hydrogen-bond donors (Lipinski definition) is 4. The minimum Gasteiger partial charge on any atom is -0.459 e. The molecule has 0 radical (unpaired) electrons. The fourth-order valence-corrected chi connectivity index (χ4v) is 10.5. The van der Waals surface area contributed by atoms with Gasteiger partial charge in [-0.25, -0.2) is 4.99 Å². The van der Waals surface area contributed by atoms with Gasteiger partial charge in [-0.1, -0.05) is 41.5 Å². The molecule has 322 valence electrons. The average Bonchev–Trinajstić information content (AvgIpc) is 3.80. The van der Waals surface area contributed by atoms with Crippen LogP contribution < -0.4 is 0 Å². The Bertz CT molecular complexity index is 1430. The lowest BCUT2D eigenvalue weighted by atomic mass is 9.72. The largest absolute Gasteiger partial charge is 0.459 e. The number of hydrogen-bond acceptors (Lipinski definition) is 13. The van der Waals surface area contributed by atoms with Gasteiger partial charge >= 0.3 is 5.97 Å². The zero-order valence-corrected chi connectivity index (χ0v) is 36.0. The van der Waals surface area contributed by atoms with E-state index >= 15 is 0 Å². The van der Waals surface area contributed by atoms with E-state index < -0.39 is 102 Å². The number of carbonyl (C=O) groups excluding carboxylic acids is 2. The molecule has 0 aromatic carbocycles. The number of carbonyl (C=O) groups is 2. The highest BCUT2D eigenvalue weighted by atomic mass is 16.7. The summed E-state index contributed by atoms with van der Waals surface area (Å²) in [5.74, 6) is -3.95. The van der Waals surface area contributed by atoms with Crippen LogP contribution in [0, 0.1) is 40.9 Å². The lowest BCUT2D eigenvalue weighted by molar-refractivity contribution is -0.308. The van der Waals surface area contributed by atoms with Crippen molar-refractivity contribution >= 4 is 17.8 Å². The van der Waals surface area contributed by atoms with Gasteiger partial charge in [0.15, 0.2) is 18.7 Å². The normalized spacial score (nSPS) is 51.6. The minimum absolute atomic E-state index is 0.0801. The summed E-state index contributed by atoms with van der Waals surface area (Å²) < 4.78 is 39.0. The van der Waals surface area contributed by atoms with Gasteiger partial charge in [0, 0.05) is 43.2 Å². The third kappa shape index (κ3) is 8.69. The molecule has 14 nitrogen and oxygen atoms in total. The van der Waals surface area contributed by atoms with Crippen molar-refractivity contribution in [3.8, 4) is 0 Å². The Morgan fingerprint density at radius 2 is 1.52 bits per heavy atom. The van der Waals surface area contributed by atoms with Crippen molar-refractivity contribution in [1.82, 2.24) is 4.90 Å². The molecule has 0 bridgehead atoms. The first-order valence-electron chi connectivity index (χ1n) is 21.1. The number of aliphatic hydroxyl groups excluding tert-OH is 2. The van der Waals surface area contributed by atoms with Gasteiger partial charge in [0.25, 0.3) is 6.02 Å².